The zero-order valence-electron chi connectivity index (χ0n) is 10.9. The molecule has 3 nitrogen and oxygen atoms in total. The lowest BCUT2D eigenvalue weighted by atomic mass is 9.89. The summed E-state index contributed by atoms with van der Waals surface area (Å²) in [7, 11) is 0. The van der Waals surface area contributed by atoms with E-state index < -0.39 is 0 Å². The number of rotatable bonds is 1. The quantitative estimate of drug-likeness (QED) is 0.748. The third-order valence-corrected chi connectivity index (χ3v) is 3.59. The summed E-state index contributed by atoms with van der Waals surface area (Å²) in [6.45, 7) is 4.15. The highest BCUT2D eigenvalue weighted by Gasteiger charge is 2.27. The van der Waals surface area contributed by atoms with Crippen LogP contribution in [0.2, 0.25) is 0 Å². The molecule has 94 valence electrons. The lowest BCUT2D eigenvalue weighted by Gasteiger charge is -2.19. The molecule has 0 fully saturated rings. The average Bonchev–Trinajstić information content (AvgIpc) is 2.43. The third-order valence-electron chi connectivity index (χ3n) is 3.59. The zero-order chi connectivity index (χ0) is 13.4. The second-order valence-corrected chi connectivity index (χ2v) is 4.86. The molecule has 0 bridgehead atoms. The Kier molecular flexibility index (Phi) is 2.75. The smallest absolute Gasteiger partial charge is 0.270 e. The predicted octanol–water partition coefficient (Wildman–Crippen LogP) is 3.75. The van der Waals surface area contributed by atoms with Crippen molar-refractivity contribution in [2.45, 2.75) is 13.8 Å². The molecule has 1 aromatic rings. The van der Waals surface area contributed by atoms with Crippen LogP contribution in [0.5, 0.6) is 0 Å². The van der Waals surface area contributed by atoms with E-state index in [1.165, 1.54) is 11.1 Å². The lowest BCUT2D eigenvalue weighted by molar-refractivity contribution is -0.119. The van der Waals surface area contributed by atoms with Crippen molar-refractivity contribution >= 4 is 11.6 Å². The van der Waals surface area contributed by atoms with Gasteiger partial charge in [-0.1, -0.05) is 36.4 Å². The minimum atomic E-state index is -0.279. The molecule has 1 aliphatic carbocycles. The Hall–Kier alpha value is -2.29. The van der Waals surface area contributed by atoms with Gasteiger partial charge in [-0.15, -0.1) is 10.2 Å². The predicted molar refractivity (Wildman–Crippen MR) is 74.5 cm³/mol. The van der Waals surface area contributed by atoms with Gasteiger partial charge in [-0.05, 0) is 36.6 Å². The number of carbonyl (C=O) groups excluding carboxylic acids is 1. The number of carbonyl (C=O) groups is 1. The molecule has 2 aliphatic rings. The molecule has 1 aromatic carbocycles. The minimum absolute atomic E-state index is 0.191. The second-order valence-electron chi connectivity index (χ2n) is 4.86. The summed E-state index contributed by atoms with van der Waals surface area (Å²) in [5, 5.41) is 7.87. The van der Waals surface area contributed by atoms with E-state index in [9.17, 15) is 4.79 Å². The molecule has 3 rings (SSSR count). The summed E-state index contributed by atoms with van der Waals surface area (Å²) in [5.74, 6) is -0.470. The van der Waals surface area contributed by atoms with Gasteiger partial charge in [-0.2, -0.15) is 0 Å². The van der Waals surface area contributed by atoms with E-state index >= 15 is 0 Å². The van der Waals surface area contributed by atoms with E-state index in [4.69, 9.17) is 0 Å². The van der Waals surface area contributed by atoms with Gasteiger partial charge in [0.05, 0.1) is 11.6 Å². The maximum absolute atomic E-state index is 11.7. The van der Waals surface area contributed by atoms with E-state index in [0.717, 1.165) is 16.8 Å². The normalized spacial score (nSPS) is 20.9. The molecule has 0 spiro atoms. The van der Waals surface area contributed by atoms with Gasteiger partial charge >= 0.3 is 0 Å². The molecule has 1 amide bonds. The maximum Gasteiger partial charge on any atom is 0.276 e. The molecular formula is C16H14N2O. The summed E-state index contributed by atoms with van der Waals surface area (Å²) in [4.78, 5) is 11.7. The first-order valence-electron chi connectivity index (χ1n) is 6.29. The van der Waals surface area contributed by atoms with Crippen molar-refractivity contribution in [1.82, 2.24) is 0 Å². The summed E-state index contributed by atoms with van der Waals surface area (Å²) in [6, 6.07) is 6.19. The molecule has 0 saturated carbocycles. The molecular weight excluding hydrogens is 236 g/mol. The number of azo groups is 1. The number of aryl methyl sites for hydroxylation is 2. The highest BCUT2D eigenvalue weighted by atomic mass is 16.2. The Balaban J connectivity index is 2.15. The van der Waals surface area contributed by atoms with Crippen LogP contribution in [0.25, 0.3) is 5.70 Å². The Labute approximate surface area is 112 Å². The fraction of sp³-hybridized carbons (Fsp3) is 0.188. The summed E-state index contributed by atoms with van der Waals surface area (Å²) < 4.78 is 0. The van der Waals surface area contributed by atoms with Gasteiger partial charge in [0.2, 0.25) is 0 Å². The van der Waals surface area contributed by atoms with E-state index in [-0.39, 0.29) is 11.8 Å². The van der Waals surface area contributed by atoms with Gasteiger partial charge in [0.25, 0.3) is 5.91 Å². The third kappa shape index (κ3) is 1.97. The number of allylic oxidation sites excluding steroid dienone is 3. The summed E-state index contributed by atoms with van der Waals surface area (Å²) >= 11 is 0. The molecule has 19 heavy (non-hydrogen) atoms. The number of fused-ring (bicyclic) bond motifs is 1. The van der Waals surface area contributed by atoms with E-state index in [1.54, 1.807) is 0 Å². The number of hydrogen-bond donors (Lipinski definition) is 0. The zero-order valence-corrected chi connectivity index (χ0v) is 10.9. The molecule has 0 N–H and O–H groups in total. The molecule has 1 aliphatic heterocycles. The van der Waals surface area contributed by atoms with E-state index in [1.807, 2.05) is 30.4 Å². The van der Waals surface area contributed by atoms with Gasteiger partial charge in [0, 0.05) is 5.56 Å². The first-order valence-corrected chi connectivity index (χ1v) is 6.29. The van der Waals surface area contributed by atoms with E-state index in [2.05, 4.69) is 36.2 Å². The monoisotopic (exact) mass is 250 g/mol. The lowest BCUT2D eigenvalue weighted by Crippen LogP contribution is -2.17. The molecule has 0 radical (unpaired) electrons. The van der Waals surface area contributed by atoms with Crippen LogP contribution in [-0.2, 0) is 4.79 Å². The van der Waals surface area contributed by atoms with Crippen molar-refractivity contribution < 1.29 is 4.79 Å². The topological polar surface area (TPSA) is 41.8 Å². The number of hydrogen-bond acceptors (Lipinski definition) is 2. The molecule has 1 unspecified atom stereocenters. The van der Waals surface area contributed by atoms with Crippen LogP contribution in [0, 0.1) is 19.8 Å². The van der Waals surface area contributed by atoms with Gasteiger partial charge in [-0.25, -0.2) is 0 Å². The number of nitrogens with zero attached hydrogens (tertiary/aromatic N) is 2. The highest BCUT2D eigenvalue weighted by molar-refractivity contribution is 5.91. The standard InChI is InChI=1S/C16H14N2O/c1-10-7-8-12(9-11(10)2)15-13-5-3-4-6-14(13)16(19)18-17-15/h3-9,14H,1-2H3. The van der Waals surface area contributed by atoms with Gasteiger partial charge in [0.15, 0.2) is 0 Å². The summed E-state index contributed by atoms with van der Waals surface area (Å²) in [6.07, 6.45) is 7.63. The van der Waals surface area contributed by atoms with Crippen molar-refractivity contribution in [3.63, 3.8) is 0 Å². The van der Waals surface area contributed by atoms with Crippen molar-refractivity contribution in [3.8, 4) is 0 Å². The summed E-state index contributed by atoms with van der Waals surface area (Å²) in [5.41, 5.74) is 5.21. The second kappa shape index (κ2) is 4.43. The maximum atomic E-state index is 11.7. The molecule has 0 saturated heterocycles. The van der Waals surface area contributed by atoms with Crippen LogP contribution in [-0.4, -0.2) is 5.91 Å². The Bertz CT molecular complexity index is 678. The van der Waals surface area contributed by atoms with Crippen LogP contribution in [0.4, 0.5) is 0 Å². The number of benzene rings is 1. The molecule has 1 heterocycles. The molecule has 1 atom stereocenters. The van der Waals surface area contributed by atoms with Crippen LogP contribution < -0.4 is 0 Å². The van der Waals surface area contributed by atoms with Crippen LogP contribution >= 0.6 is 0 Å². The molecule has 3 heteroatoms. The Morgan fingerprint density at radius 3 is 2.68 bits per heavy atom. The Morgan fingerprint density at radius 1 is 1.05 bits per heavy atom. The first-order chi connectivity index (χ1) is 9.16. The molecule has 0 aromatic heterocycles. The van der Waals surface area contributed by atoms with Crippen molar-refractivity contribution in [2.24, 2.45) is 16.1 Å². The highest BCUT2D eigenvalue weighted by Crippen LogP contribution is 2.34. The van der Waals surface area contributed by atoms with Crippen LogP contribution in [0.1, 0.15) is 16.7 Å². The van der Waals surface area contributed by atoms with E-state index in [0.29, 0.717) is 0 Å². The SMILES string of the molecule is Cc1ccc(C2=C3C=CC=CC3C(=O)N=N2)cc1C. The largest absolute Gasteiger partial charge is 0.276 e. The van der Waals surface area contributed by atoms with Gasteiger partial charge in [-0.3, -0.25) is 4.79 Å². The van der Waals surface area contributed by atoms with Crippen LogP contribution in [0.15, 0.2) is 58.3 Å². The van der Waals surface area contributed by atoms with Crippen molar-refractivity contribution in [3.05, 3.63) is 64.8 Å². The van der Waals surface area contributed by atoms with Crippen LogP contribution in [0.3, 0.4) is 0 Å². The van der Waals surface area contributed by atoms with Crippen molar-refractivity contribution in [1.29, 1.82) is 0 Å². The fourth-order valence-corrected chi connectivity index (χ4v) is 2.32. The van der Waals surface area contributed by atoms with Gasteiger partial charge in [0.1, 0.15) is 0 Å². The first kappa shape index (κ1) is 11.8. The average molecular weight is 250 g/mol. The van der Waals surface area contributed by atoms with Crippen molar-refractivity contribution in [2.75, 3.05) is 0 Å². The minimum Gasteiger partial charge on any atom is -0.270 e. The van der Waals surface area contributed by atoms with Gasteiger partial charge < -0.3 is 0 Å². The number of amides is 1. The Morgan fingerprint density at radius 2 is 1.89 bits per heavy atom. The fourth-order valence-electron chi connectivity index (χ4n) is 2.32.